The molecule has 0 aromatic carbocycles. The fourth-order valence-electron chi connectivity index (χ4n) is 4.97. The van der Waals surface area contributed by atoms with Gasteiger partial charge in [0, 0.05) is 56.5 Å². The number of nitrogens with one attached hydrogen (secondary N) is 1. The molecule has 0 saturated carbocycles. The molecule has 3 fully saturated rings. The van der Waals surface area contributed by atoms with Gasteiger partial charge >= 0.3 is 7.12 Å². The first-order valence-electron chi connectivity index (χ1n) is 12.3. The lowest BCUT2D eigenvalue weighted by molar-refractivity contribution is -0.0887. The standard InChI is InChI=1S/C24H41BN4O4/c1-16-12-28(20-14-31-15-20)9-10-29(16)18(3)17(2)26-21-11-19(13-27(8)22(21)30)25-32-23(4,5)24(6,7)33-25/h11,13,16-18,20,26H,9-10,12,14-15H2,1-8H3/t16-,17-,18?/m0/s1. The molecule has 1 aromatic heterocycles. The number of anilines is 1. The number of aromatic nitrogens is 1. The Balaban J connectivity index is 1.45. The van der Waals surface area contributed by atoms with Crippen molar-refractivity contribution in [2.24, 2.45) is 7.05 Å². The zero-order valence-corrected chi connectivity index (χ0v) is 21.6. The molecule has 8 nitrogen and oxygen atoms in total. The van der Waals surface area contributed by atoms with E-state index in [9.17, 15) is 4.79 Å². The molecule has 0 bridgehead atoms. The summed E-state index contributed by atoms with van der Waals surface area (Å²) in [6, 6.07) is 3.32. The van der Waals surface area contributed by atoms with Gasteiger partial charge in [-0.15, -0.1) is 0 Å². The van der Waals surface area contributed by atoms with Gasteiger partial charge in [0.15, 0.2) is 0 Å². The molecule has 3 aliphatic heterocycles. The summed E-state index contributed by atoms with van der Waals surface area (Å²) in [7, 11) is 1.28. The monoisotopic (exact) mass is 460 g/mol. The lowest BCUT2D eigenvalue weighted by Crippen LogP contribution is -2.62. The molecule has 4 heterocycles. The highest BCUT2D eigenvalue weighted by atomic mass is 16.7. The van der Waals surface area contributed by atoms with Crippen LogP contribution in [0.3, 0.4) is 0 Å². The Kier molecular flexibility index (Phi) is 6.75. The maximum Gasteiger partial charge on any atom is 0.496 e. The van der Waals surface area contributed by atoms with Crippen LogP contribution in [0.2, 0.25) is 0 Å². The average Bonchev–Trinajstić information content (AvgIpc) is 2.90. The van der Waals surface area contributed by atoms with Gasteiger partial charge in [-0.2, -0.15) is 0 Å². The van der Waals surface area contributed by atoms with E-state index >= 15 is 0 Å². The molecule has 1 N–H and O–H groups in total. The molecule has 3 saturated heterocycles. The Labute approximate surface area is 198 Å². The zero-order valence-electron chi connectivity index (χ0n) is 21.6. The van der Waals surface area contributed by atoms with Crippen LogP contribution in [0.5, 0.6) is 0 Å². The van der Waals surface area contributed by atoms with Gasteiger partial charge in [0.05, 0.1) is 30.5 Å². The summed E-state index contributed by atoms with van der Waals surface area (Å²) < 4.78 is 19.4. The second-order valence-corrected chi connectivity index (χ2v) is 11.1. The predicted octanol–water partition coefficient (Wildman–Crippen LogP) is 1.28. The molecule has 0 radical (unpaired) electrons. The second-order valence-electron chi connectivity index (χ2n) is 11.1. The van der Waals surface area contributed by atoms with Crippen molar-refractivity contribution in [2.75, 3.05) is 38.2 Å². The van der Waals surface area contributed by atoms with E-state index in [4.69, 9.17) is 14.0 Å². The molecule has 9 heteroatoms. The number of hydrogen-bond acceptors (Lipinski definition) is 7. The van der Waals surface area contributed by atoms with E-state index in [1.54, 1.807) is 11.6 Å². The van der Waals surface area contributed by atoms with E-state index in [2.05, 4.69) is 35.9 Å². The van der Waals surface area contributed by atoms with Crippen molar-refractivity contribution in [3.63, 3.8) is 0 Å². The lowest BCUT2D eigenvalue weighted by Gasteiger charge is -2.48. The molecule has 1 unspecified atom stereocenters. The Hall–Kier alpha value is -1.39. The summed E-state index contributed by atoms with van der Waals surface area (Å²) in [4.78, 5) is 18.0. The summed E-state index contributed by atoms with van der Waals surface area (Å²) in [6.45, 7) is 19.7. The molecular weight excluding hydrogens is 419 g/mol. The highest BCUT2D eigenvalue weighted by Crippen LogP contribution is 2.36. The van der Waals surface area contributed by atoms with Crippen LogP contribution in [0.15, 0.2) is 17.1 Å². The molecule has 0 amide bonds. The van der Waals surface area contributed by atoms with Crippen LogP contribution < -0.4 is 16.3 Å². The fraction of sp³-hybridized carbons (Fsp3) is 0.792. The van der Waals surface area contributed by atoms with Crippen molar-refractivity contribution in [2.45, 2.75) is 83.8 Å². The lowest BCUT2D eigenvalue weighted by atomic mass is 9.80. The third-order valence-corrected chi connectivity index (χ3v) is 8.21. The predicted molar refractivity (Wildman–Crippen MR) is 132 cm³/mol. The van der Waals surface area contributed by atoms with Crippen molar-refractivity contribution in [3.8, 4) is 0 Å². The average molecular weight is 460 g/mol. The number of ether oxygens (including phenoxy) is 1. The van der Waals surface area contributed by atoms with Crippen LogP contribution >= 0.6 is 0 Å². The van der Waals surface area contributed by atoms with E-state index < -0.39 is 18.3 Å². The minimum Gasteiger partial charge on any atom is -0.399 e. The number of piperazine rings is 1. The first-order chi connectivity index (χ1) is 15.4. The minimum absolute atomic E-state index is 0.0443. The molecule has 0 spiro atoms. The van der Waals surface area contributed by atoms with Gasteiger partial charge in [-0.1, -0.05) is 0 Å². The number of aryl methyl sites for hydroxylation is 1. The van der Waals surface area contributed by atoms with E-state index in [1.165, 1.54) is 0 Å². The first kappa shape index (κ1) is 24.7. The highest BCUT2D eigenvalue weighted by Gasteiger charge is 2.52. The zero-order chi connectivity index (χ0) is 24.1. The van der Waals surface area contributed by atoms with Gasteiger partial charge in [0.25, 0.3) is 5.56 Å². The number of hydrogen-bond donors (Lipinski definition) is 1. The van der Waals surface area contributed by atoms with Crippen molar-refractivity contribution < 1.29 is 14.0 Å². The van der Waals surface area contributed by atoms with Crippen LogP contribution in [0.25, 0.3) is 0 Å². The number of nitrogens with zero attached hydrogens (tertiary/aromatic N) is 3. The molecule has 1 aromatic rings. The van der Waals surface area contributed by atoms with E-state index in [-0.39, 0.29) is 17.6 Å². The van der Waals surface area contributed by atoms with E-state index in [0.29, 0.717) is 17.8 Å². The van der Waals surface area contributed by atoms with Crippen LogP contribution in [-0.4, -0.2) is 89.7 Å². The Morgan fingerprint density at radius 3 is 2.30 bits per heavy atom. The molecule has 0 aliphatic carbocycles. The largest absolute Gasteiger partial charge is 0.496 e. The topological polar surface area (TPSA) is 68.2 Å². The fourth-order valence-corrected chi connectivity index (χ4v) is 4.97. The summed E-state index contributed by atoms with van der Waals surface area (Å²) in [5, 5.41) is 3.51. The summed E-state index contributed by atoms with van der Waals surface area (Å²) >= 11 is 0. The number of pyridine rings is 1. The summed E-state index contributed by atoms with van der Waals surface area (Å²) in [5.41, 5.74) is 0.541. The van der Waals surface area contributed by atoms with Crippen LogP contribution in [0.4, 0.5) is 5.69 Å². The molecule has 33 heavy (non-hydrogen) atoms. The third kappa shape index (κ3) is 4.75. The minimum atomic E-state index is -0.501. The Morgan fingerprint density at radius 1 is 1.12 bits per heavy atom. The molecule has 4 rings (SSSR count). The van der Waals surface area contributed by atoms with Gasteiger partial charge in [-0.3, -0.25) is 14.6 Å². The van der Waals surface area contributed by atoms with Gasteiger partial charge in [0.2, 0.25) is 0 Å². The van der Waals surface area contributed by atoms with Crippen molar-refractivity contribution >= 4 is 18.3 Å². The van der Waals surface area contributed by atoms with Crippen molar-refractivity contribution in [3.05, 3.63) is 22.6 Å². The van der Waals surface area contributed by atoms with Crippen molar-refractivity contribution in [1.82, 2.24) is 14.4 Å². The van der Waals surface area contributed by atoms with Crippen LogP contribution in [0.1, 0.15) is 48.5 Å². The molecule has 3 atom stereocenters. The normalized spacial score (nSPS) is 27.9. The van der Waals surface area contributed by atoms with Gasteiger partial charge < -0.3 is 23.9 Å². The Morgan fingerprint density at radius 2 is 1.76 bits per heavy atom. The summed E-state index contributed by atoms with van der Waals surface area (Å²) in [5.74, 6) is 0. The third-order valence-electron chi connectivity index (χ3n) is 8.21. The van der Waals surface area contributed by atoms with E-state index in [1.807, 2.05) is 40.0 Å². The van der Waals surface area contributed by atoms with Gasteiger partial charge in [-0.05, 0) is 54.5 Å². The Bertz CT molecular complexity index is 900. The van der Waals surface area contributed by atoms with Gasteiger partial charge in [0.1, 0.15) is 5.69 Å². The van der Waals surface area contributed by atoms with E-state index in [0.717, 1.165) is 38.3 Å². The van der Waals surface area contributed by atoms with Gasteiger partial charge in [-0.25, -0.2) is 0 Å². The maximum absolute atomic E-state index is 12.9. The second kappa shape index (κ2) is 9.00. The SMILES string of the molecule is CC([C@H](C)Nc1cc(B2OC(C)(C)C(C)(C)O2)cn(C)c1=O)N1CCN(C2COC2)C[C@@H]1C. The highest BCUT2D eigenvalue weighted by molar-refractivity contribution is 6.62. The smallest absolute Gasteiger partial charge is 0.399 e. The molecule has 3 aliphatic rings. The molecule has 184 valence electrons. The quantitative estimate of drug-likeness (QED) is 0.642. The van der Waals surface area contributed by atoms with Crippen molar-refractivity contribution in [1.29, 1.82) is 0 Å². The number of rotatable bonds is 6. The first-order valence-corrected chi connectivity index (χ1v) is 12.3. The maximum atomic E-state index is 12.9. The summed E-state index contributed by atoms with van der Waals surface area (Å²) in [6.07, 6.45) is 1.81. The van der Waals surface area contributed by atoms with Crippen LogP contribution in [0, 0.1) is 0 Å². The van der Waals surface area contributed by atoms with Crippen LogP contribution in [-0.2, 0) is 21.1 Å². The molecular formula is C24H41BN4O4.